The van der Waals surface area contributed by atoms with Crippen molar-refractivity contribution in [1.82, 2.24) is 4.98 Å². The molecule has 0 fully saturated rings. The average molecular weight is 400 g/mol. The number of carbonyl (C=O) groups is 1. The van der Waals surface area contributed by atoms with Crippen LogP contribution in [0.25, 0.3) is 10.8 Å². The monoisotopic (exact) mass is 399 g/mol. The number of methoxy groups -OCH3 is 1. The number of rotatable bonds is 6. The SMILES string of the molecule is COc1ccc(COC(=O)CCc2cncc3ccccc23)cc1Br. The molecule has 0 spiro atoms. The highest BCUT2D eigenvalue weighted by molar-refractivity contribution is 9.10. The van der Waals surface area contributed by atoms with E-state index < -0.39 is 0 Å². The fraction of sp³-hybridized carbons (Fsp3) is 0.200. The zero-order valence-corrected chi connectivity index (χ0v) is 15.5. The number of hydrogen-bond donors (Lipinski definition) is 0. The highest BCUT2D eigenvalue weighted by Gasteiger charge is 2.08. The summed E-state index contributed by atoms with van der Waals surface area (Å²) >= 11 is 3.43. The molecule has 1 aromatic heterocycles. The number of aromatic nitrogens is 1. The first-order chi connectivity index (χ1) is 12.2. The van der Waals surface area contributed by atoms with Gasteiger partial charge in [0.25, 0.3) is 0 Å². The van der Waals surface area contributed by atoms with Gasteiger partial charge in [-0.2, -0.15) is 0 Å². The van der Waals surface area contributed by atoms with Crippen LogP contribution in [0, 0.1) is 0 Å². The molecule has 0 N–H and O–H groups in total. The van der Waals surface area contributed by atoms with Crippen LogP contribution in [0.5, 0.6) is 5.75 Å². The minimum Gasteiger partial charge on any atom is -0.496 e. The van der Waals surface area contributed by atoms with E-state index >= 15 is 0 Å². The number of benzene rings is 2. The van der Waals surface area contributed by atoms with Gasteiger partial charge >= 0.3 is 5.97 Å². The Morgan fingerprint density at radius 3 is 2.80 bits per heavy atom. The second-order valence-corrected chi connectivity index (χ2v) is 6.50. The lowest BCUT2D eigenvalue weighted by atomic mass is 10.0. The molecule has 5 heteroatoms. The number of halogens is 1. The first-order valence-electron chi connectivity index (χ1n) is 7.97. The molecule has 0 radical (unpaired) electrons. The molecule has 0 saturated heterocycles. The second-order valence-electron chi connectivity index (χ2n) is 5.65. The average Bonchev–Trinajstić information content (AvgIpc) is 2.64. The van der Waals surface area contributed by atoms with Crippen molar-refractivity contribution in [3.8, 4) is 5.75 Å². The van der Waals surface area contributed by atoms with E-state index in [0.717, 1.165) is 32.1 Å². The van der Waals surface area contributed by atoms with Crippen molar-refractivity contribution in [3.05, 3.63) is 70.5 Å². The molecule has 0 bridgehead atoms. The number of aryl methyl sites for hydroxylation is 1. The Hall–Kier alpha value is -2.40. The highest BCUT2D eigenvalue weighted by atomic mass is 79.9. The van der Waals surface area contributed by atoms with Crippen LogP contribution in [-0.2, 0) is 22.6 Å². The van der Waals surface area contributed by atoms with E-state index in [1.54, 1.807) is 7.11 Å². The summed E-state index contributed by atoms with van der Waals surface area (Å²) in [5.41, 5.74) is 1.97. The smallest absolute Gasteiger partial charge is 0.306 e. The normalized spacial score (nSPS) is 10.6. The number of fused-ring (bicyclic) bond motifs is 1. The van der Waals surface area contributed by atoms with Crippen molar-refractivity contribution in [3.63, 3.8) is 0 Å². The van der Waals surface area contributed by atoms with Crippen LogP contribution < -0.4 is 4.74 Å². The number of nitrogens with zero attached hydrogens (tertiary/aromatic N) is 1. The second kappa shape index (κ2) is 8.12. The lowest BCUT2D eigenvalue weighted by molar-refractivity contribution is -0.144. The van der Waals surface area contributed by atoms with Gasteiger partial charge in [0, 0.05) is 24.2 Å². The maximum Gasteiger partial charge on any atom is 0.306 e. The van der Waals surface area contributed by atoms with E-state index in [0.29, 0.717) is 12.8 Å². The largest absolute Gasteiger partial charge is 0.496 e. The minimum atomic E-state index is -0.222. The predicted octanol–water partition coefficient (Wildman–Crippen LogP) is 4.68. The third-order valence-corrected chi connectivity index (χ3v) is 4.58. The summed E-state index contributed by atoms with van der Waals surface area (Å²) in [5.74, 6) is 0.526. The van der Waals surface area contributed by atoms with E-state index in [4.69, 9.17) is 9.47 Å². The number of carbonyl (C=O) groups excluding carboxylic acids is 1. The minimum absolute atomic E-state index is 0.222. The maximum absolute atomic E-state index is 12.1. The molecule has 25 heavy (non-hydrogen) atoms. The molecule has 0 unspecified atom stereocenters. The summed E-state index contributed by atoms with van der Waals surface area (Å²) in [6.07, 6.45) is 4.58. The maximum atomic E-state index is 12.1. The Morgan fingerprint density at radius 1 is 1.16 bits per heavy atom. The molecule has 3 aromatic rings. The predicted molar refractivity (Wildman–Crippen MR) is 101 cm³/mol. The summed E-state index contributed by atoms with van der Waals surface area (Å²) in [7, 11) is 1.61. The van der Waals surface area contributed by atoms with Gasteiger partial charge in [-0.15, -0.1) is 0 Å². The standard InChI is InChI=1S/C20H18BrNO3/c1-24-19-8-6-14(10-18(19)21)13-25-20(23)9-7-16-12-22-11-15-4-2-3-5-17(15)16/h2-6,8,10-12H,7,9,13H2,1H3. The zero-order valence-electron chi connectivity index (χ0n) is 13.9. The lowest BCUT2D eigenvalue weighted by Gasteiger charge is -2.08. The summed E-state index contributed by atoms with van der Waals surface area (Å²) in [4.78, 5) is 16.3. The molecule has 4 nitrogen and oxygen atoms in total. The Labute approximate surface area is 154 Å². The Bertz CT molecular complexity index is 890. The van der Waals surface area contributed by atoms with Crippen molar-refractivity contribution in [2.45, 2.75) is 19.4 Å². The highest BCUT2D eigenvalue weighted by Crippen LogP contribution is 2.26. The first-order valence-corrected chi connectivity index (χ1v) is 8.76. The third-order valence-electron chi connectivity index (χ3n) is 3.97. The van der Waals surface area contributed by atoms with E-state index in [2.05, 4.69) is 20.9 Å². The number of ether oxygens (including phenoxy) is 2. The Morgan fingerprint density at radius 2 is 2.00 bits per heavy atom. The topological polar surface area (TPSA) is 48.4 Å². The van der Waals surface area contributed by atoms with Gasteiger partial charge < -0.3 is 9.47 Å². The summed E-state index contributed by atoms with van der Waals surface area (Å²) < 4.78 is 11.4. The van der Waals surface area contributed by atoms with Crippen LogP contribution >= 0.6 is 15.9 Å². The van der Waals surface area contributed by atoms with Crippen molar-refractivity contribution >= 4 is 32.7 Å². The van der Waals surface area contributed by atoms with E-state index in [1.165, 1.54) is 0 Å². The van der Waals surface area contributed by atoms with Gasteiger partial charge in [-0.25, -0.2) is 0 Å². The molecule has 0 aliphatic carbocycles. The summed E-state index contributed by atoms with van der Waals surface area (Å²) in [6.45, 7) is 0.245. The van der Waals surface area contributed by atoms with Crippen molar-refractivity contribution < 1.29 is 14.3 Å². The Kier molecular flexibility index (Phi) is 5.66. The molecule has 1 heterocycles. The van der Waals surface area contributed by atoms with Crippen LogP contribution in [0.1, 0.15) is 17.5 Å². The van der Waals surface area contributed by atoms with Gasteiger partial charge in [0.15, 0.2) is 0 Å². The molecule has 0 aliphatic heterocycles. The fourth-order valence-corrected chi connectivity index (χ4v) is 3.24. The molecule has 0 saturated carbocycles. The molecule has 0 aliphatic rings. The zero-order chi connectivity index (χ0) is 17.6. The third kappa shape index (κ3) is 4.37. The van der Waals surface area contributed by atoms with Gasteiger partial charge in [-0.05, 0) is 51.0 Å². The van der Waals surface area contributed by atoms with Gasteiger partial charge in [-0.3, -0.25) is 9.78 Å². The molecule has 128 valence electrons. The fourth-order valence-electron chi connectivity index (χ4n) is 2.65. The lowest BCUT2D eigenvalue weighted by Crippen LogP contribution is -2.06. The number of pyridine rings is 1. The first kappa shape index (κ1) is 17.4. The van der Waals surface area contributed by atoms with Crippen molar-refractivity contribution in [2.24, 2.45) is 0 Å². The molecule has 0 amide bonds. The number of hydrogen-bond acceptors (Lipinski definition) is 4. The van der Waals surface area contributed by atoms with Crippen molar-refractivity contribution in [2.75, 3.05) is 7.11 Å². The molecule has 0 atom stereocenters. The molecular formula is C20H18BrNO3. The van der Waals surface area contributed by atoms with E-state index in [9.17, 15) is 4.79 Å². The van der Waals surface area contributed by atoms with Crippen LogP contribution in [0.2, 0.25) is 0 Å². The van der Waals surface area contributed by atoms with Crippen LogP contribution in [0.15, 0.2) is 59.3 Å². The van der Waals surface area contributed by atoms with E-state index in [1.807, 2.05) is 54.9 Å². The van der Waals surface area contributed by atoms with Gasteiger partial charge in [-0.1, -0.05) is 30.3 Å². The van der Waals surface area contributed by atoms with Gasteiger partial charge in [0.05, 0.1) is 11.6 Å². The quantitative estimate of drug-likeness (QED) is 0.564. The number of esters is 1. The molecular weight excluding hydrogens is 382 g/mol. The van der Waals surface area contributed by atoms with Crippen molar-refractivity contribution in [1.29, 1.82) is 0 Å². The molecule has 3 rings (SSSR count). The van der Waals surface area contributed by atoms with Gasteiger partial charge in [0.1, 0.15) is 12.4 Å². The molecule has 2 aromatic carbocycles. The van der Waals surface area contributed by atoms with Crippen LogP contribution in [-0.4, -0.2) is 18.1 Å². The summed E-state index contributed by atoms with van der Waals surface area (Å²) in [6, 6.07) is 13.7. The van der Waals surface area contributed by atoms with Crippen LogP contribution in [0.4, 0.5) is 0 Å². The van der Waals surface area contributed by atoms with Crippen LogP contribution in [0.3, 0.4) is 0 Å². The summed E-state index contributed by atoms with van der Waals surface area (Å²) in [5, 5.41) is 2.21. The van der Waals surface area contributed by atoms with Gasteiger partial charge in [0.2, 0.25) is 0 Å². The van der Waals surface area contributed by atoms with E-state index in [-0.39, 0.29) is 12.6 Å². The Balaban J connectivity index is 1.57.